The maximum Gasteiger partial charge on any atom is 0.323 e. The summed E-state index contributed by atoms with van der Waals surface area (Å²) >= 11 is 0. The fourth-order valence-electron chi connectivity index (χ4n) is 4.00. The van der Waals surface area contributed by atoms with Gasteiger partial charge in [-0.3, -0.25) is 0 Å². The molecule has 0 atom stereocenters. The highest BCUT2D eigenvalue weighted by Gasteiger charge is 2.18. The molecule has 0 saturated carbocycles. The summed E-state index contributed by atoms with van der Waals surface area (Å²) in [6, 6.07) is 18.7. The zero-order valence-electron chi connectivity index (χ0n) is 22.5. The van der Waals surface area contributed by atoms with Crippen molar-refractivity contribution < 1.29 is 14.3 Å². The van der Waals surface area contributed by atoms with Crippen molar-refractivity contribution in [1.29, 1.82) is 0 Å². The lowest BCUT2D eigenvalue weighted by Crippen LogP contribution is -2.21. The van der Waals surface area contributed by atoms with Crippen LogP contribution in [0, 0.1) is 6.92 Å². The van der Waals surface area contributed by atoms with Gasteiger partial charge in [0.05, 0.1) is 18.5 Å². The highest BCUT2D eigenvalue weighted by molar-refractivity contribution is 6.08. The van der Waals surface area contributed by atoms with E-state index in [1.807, 2.05) is 67.6 Å². The van der Waals surface area contributed by atoms with Crippen LogP contribution in [-0.4, -0.2) is 23.1 Å². The van der Waals surface area contributed by atoms with Crippen LogP contribution in [0.1, 0.15) is 57.6 Å². The normalized spacial score (nSPS) is 11.5. The Morgan fingerprint density at radius 2 is 1.54 bits per heavy atom. The van der Waals surface area contributed by atoms with Gasteiger partial charge < -0.3 is 20.1 Å². The van der Waals surface area contributed by atoms with Gasteiger partial charge in [0.1, 0.15) is 17.3 Å². The van der Waals surface area contributed by atoms with Crippen molar-refractivity contribution in [1.82, 2.24) is 9.97 Å². The van der Waals surface area contributed by atoms with E-state index in [1.165, 1.54) is 0 Å². The molecule has 4 rings (SSSR count). The number of hydrogen-bond donors (Lipinski definition) is 2. The Kier molecular flexibility index (Phi) is 7.34. The largest absolute Gasteiger partial charge is 0.495 e. The molecular formula is C30H34N4O3. The van der Waals surface area contributed by atoms with Gasteiger partial charge in [-0.1, -0.05) is 65.0 Å². The summed E-state index contributed by atoms with van der Waals surface area (Å²) in [6.45, 7) is 12.4. The van der Waals surface area contributed by atoms with E-state index in [2.05, 4.69) is 55.2 Å². The van der Waals surface area contributed by atoms with Crippen LogP contribution < -0.4 is 20.1 Å². The Morgan fingerprint density at radius 3 is 2.22 bits per heavy atom. The summed E-state index contributed by atoms with van der Waals surface area (Å²) in [5.74, 6) is 2.66. The van der Waals surface area contributed by atoms with E-state index in [0.29, 0.717) is 28.8 Å². The number of hydrogen-bond acceptors (Lipinski definition) is 5. The maximum absolute atomic E-state index is 13.0. The number of nitrogens with one attached hydrogen (secondary N) is 2. The van der Waals surface area contributed by atoms with Gasteiger partial charge in [0.25, 0.3) is 0 Å². The molecule has 0 spiro atoms. The molecule has 192 valence electrons. The fourth-order valence-corrected chi connectivity index (χ4v) is 4.00. The number of carbonyl (C=O) groups is 1. The maximum atomic E-state index is 13.0. The molecule has 0 aliphatic heterocycles. The van der Waals surface area contributed by atoms with Gasteiger partial charge in [0, 0.05) is 28.5 Å². The molecule has 0 saturated heterocycles. The van der Waals surface area contributed by atoms with Crippen LogP contribution in [0.2, 0.25) is 0 Å². The Balaban J connectivity index is 1.61. The molecule has 0 fully saturated rings. The Bertz CT molecular complexity index is 1440. The second-order valence-electron chi connectivity index (χ2n) is 10.4. The number of methoxy groups -OCH3 is 1. The van der Waals surface area contributed by atoms with E-state index >= 15 is 0 Å². The van der Waals surface area contributed by atoms with Gasteiger partial charge in [0.15, 0.2) is 0 Å². The number of aromatic nitrogens is 2. The van der Waals surface area contributed by atoms with Crippen LogP contribution in [0.4, 0.5) is 16.2 Å². The summed E-state index contributed by atoms with van der Waals surface area (Å²) in [6.07, 6.45) is 0. The molecule has 7 nitrogen and oxygen atoms in total. The molecular weight excluding hydrogens is 464 g/mol. The number of rotatable bonds is 6. The van der Waals surface area contributed by atoms with Crippen molar-refractivity contribution in [2.45, 2.75) is 52.9 Å². The molecule has 7 heteroatoms. The van der Waals surface area contributed by atoms with E-state index in [9.17, 15) is 4.79 Å². The van der Waals surface area contributed by atoms with Crippen molar-refractivity contribution in [3.05, 3.63) is 77.7 Å². The molecule has 3 aromatic carbocycles. The minimum Gasteiger partial charge on any atom is -0.495 e. The zero-order chi connectivity index (χ0) is 26.7. The van der Waals surface area contributed by atoms with Crippen molar-refractivity contribution in [2.24, 2.45) is 0 Å². The number of aryl methyl sites for hydroxylation is 1. The molecule has 0 aliphatic rings. The van der Waals surface area contributed by atoms with Gasteiger partial charge in [-0.05, 0) is 42.2 Å². The van der Waals surface area contributed by atoms with Gasteiger partial charge in [0.2, 0.25) is 5.88 Å². The smallest absolute Gasteiger partial charge is 0.323 e. The number of nitrogens with zero attached hydrogens (tertiary/aromatic N) is 2. The fraction of sp³-hybridized carbons (Fsp3) is 0.300. The Hall–Kier alpha value is -4.13. The summed E-state index contributed by atoms with van der Waals surface area (Å²) in [4.78, 5) is 22.1. The Labute approximate surface area is 218 Å². The first-order chi connectivity index (χ1) is 17.5. The number of anilines is 2. The van der Waals surface area contributed by atoms with Gasteiger partial charge in [-0.25, -0.2) is 9.78 Å². The standard InChI is InChI=1S/C30H34N4O3/c1-18(2)28-31-19(3)16-27(34-28)37-25-15-13-23(21-10-8-9-11-22(21)25)32-29(35)33-24-17-20(30(4,5)6)12-14-26(24)36-7/h8-18H,1-7H3,(H2,32,33,35). The van der Waals surface area contributed by atoms with E-state index in [-0.39, 0.29) is 17.4 Å². The quantitative estimate of drug-likeness (QED) is 0.283. The molecule has 0 bridgehead atoms. The van der Waals surface area contributed by atoms with Gasteiger partial charge >= 0.3 is 6.03 Å². The minimum atomic E-state index is -0.365. The number of benzene rings is 3. The highest BCUT2D eigenvalue weighted by Crippen LogP contribution is 2.35. The number of fused-ring (bicyclic) bond motifs is 1. The van der Waals surface area contributed by atoms with E-state index in [1.54, 1.807) is 7.11 Å². The SMILES string of the molecule is COc1ccc(C(C)(C)C)cc1NC(=O)Nc1ccc(Oc2cc(C)nc(C(C)C)n2)c2ccccc12. The predicted molar refractivity (Wildman–Crippen MR) is 149 cm³/mol. The molecule has 1 aromatic heterocycles. The molecule has 0 unspecified atom stereocenters. The average Bonchev–Trinajstić information content (AvgIpc) is 2.84. The molecule has 37 heavy (non-hydrogen) atoms. The minimum absolute atomic E-state index is 0.0661. The predicted octanol–water partition coefficient (Wildman–Crippen LogP) is 7.80. The van der Waals surface area contributed by atoms with Crippen molar-refractivity contribution in [3.8, 4) is 17.4 Å². The number of carbonyl (C=O) groups excluding carboxylic acids is 1. The molecule has 4 aromatic rings. The topological polar surface area (TPSA) is 85.4 Å². The summed E-state index contributed by atoms with van der Waals surface area (Å²) < 4.78 is 11.7. The van der Waals surface area contributed by atoms with Crippen LogP contribution in [0.25, 0.3) is 10.8 Å². The lowest BCUT2D eigenvalue weighted by molar-refractivity contribution is 0.262. The summed E-state index contributed by atoms with van der Waals surface area (Å²) in [7, 11) is 1.59. The van der Waals surface area contributed by atoms with Gasteiger partial charge in [-0.15, -0.1) is 0 Å². The molecule has 1 heterocycles. The van der Waals surface area contributed by atoms with Crippen molar-refractivity contribution >= 4 is 28.2 Å². The first-order valence-corrected chi connectivity index (χ1v) is 12.4. The lowest BCUT2D eigenvalue weighted by atomic mass is 9.87. The van der Waals surface area contributed by atoms with Crippen LogP contribution >= 0.6 is 0 Å². The van der Waals surface area contributed by atoms with Gasteiger partial charge in [-0.2, -0.15) is 4.98 Å². The first-order valence-electron chi connectivity index (χ1n) is 12.4. The third-order valence-corrected chi connectivity index (χ3v) is 6.02. The van der Waals surface area contributed by atoms with Crippen LogP contribution in [0.15, 0.2) is 60.7 Å². The average molecular weight is 499 g/mol. The first kappa shape index (κ1) is 25.9. The van der Waals surface area contributed by atoms with E-state index in [0.717, 1.165) is 27.9 Å². The number of urea groups is 1. The highest BCUT2D eigenvalue weighted by atomic mass is 16.5. The van der Waals surface area contributed by atoms with Crippen LogP contribution in [0.5, 0.6) is 17.4 Å². The summed E-state index contributed by atoms with van der Waals surface area (Å²) in [5.41, 5.74) is 3.14. The second kappa shape index (κ2) is 10.5. The molecule has 0 radical (unpaired) electrons. The second-order valence-corrected chi connectivity index (χ2v) is 10.4. The third kappa shape index (κ3) is 6.00. The zero-order valence-corrected chi connectivity index (χ0v) is 22.5. The third-order valence-electron chi connectivity index (χ3n) is 6.02. The van der Waals surface area contributed by atoms with Crippen LogP contribution in [-0.2, 0) is 5.41 Å². The number of ether oxygens (including phenoxy) is 2. The molecule has 0 aliphatic carbocycles. The van der Waals surface area contributed by atoms with E-state index in [4.69, 9.17) is 9.47 Å². The van der Waals surface area contributed by atoms with E-state index < -0.39 is 0 Å². The molecule has 2 N–H and O–H groups in total. The van der Waals surface area contributed by atoms with Crippen molar-refractivity contribution in [3.63, 3.8) is 0 Å². The van der Waals surface area contributed by atoms with Crippen molar-refractivity contribution in [2.75, 3.05) is 17.7 Å². The monoisotopic (exact) mass is 498 g/mol. The Morgan fingerprint density at radius 1 is 0.865 bits per heavy atom. The summed E-state index contributed by atoms with van der Waals surface area (Å²) in [5, 5.41) is 7.63. The van der Waals surface area contributed by atoms with Crippen LogP contribution in [0.3, 0.4) is 0 Å². The number of amides is 2. The lowest BCUT2D eigenvalue weighted by Gasteiger charge is -2.21. The molecule has 2 amide bonds.